The third-order valence-electron chi connectivity index (χ3n) is 2.60. The highest BCUT2D eigenvalue weighted by Gasteiger charge is 2.14. The Morgan fingerprint density at radius 2 is 1.71 bits per heavy atom. The number of carbonyl (C=O) groups is 1. The molecular weight excluding hydrogens is 290 g/mol. The van der Waals surface area contributed by atoms with Crippen molar-refractivity contribution in [3.63, 3.8) is 0 Å². The van der Waals surface area contributed by atoms with Crippen LogP contribution in [0.1, 0.15) is 6.92 Å². The number of amides is 1. The van der Waals surface area contributed by atoms with E-state index in [4.69, 9.17) is 5.73 Å². The molecule has 2 aromatic carbocycles. The van der Waals surface area contributed by atoms with Crippen LogP contribution in [0.4, 0.5) is 17.1 Å². The fourth-order valence-electron chi connectivity index (χ4n) is 1.76. The first-order valence-corrected chi connectivity index (χ1v) is 7.61. The van der Waals surface area contributed by atoms with E-state index in [0.717, 1.165) is 0 Å². The minimum atomic E-state index is -3.72. The average Bonchev–Trinajstić information content (AvgIpc) is 2.37. The van der Waals surface area contributed by atoms with Gasteiger partial charge in [-0.25, -0.2) is 8.42 Å². The van der Waals surface area contributed by atoms with Crippen LogP contribution in [0, 0.1) is 0 Å². The van der Waals surface area contributed by atoms with Gasteiger partial charge in [0.05, 0.1) is 10.6 Å². The quantitative estimate of drug-likeness (QED) is 0.752. The zero-order valence-corrected chi connectivity index (χ0v) is 12.1. The molecule has 0 radical (unpaired) electrons. The van der Waals surface area contributed by atoms with Crippen molar-refractivity contribution in [3.05, 3.63) is 48.5 Å². The van der Waals surface area contributed by atoms with Crippen LogP contribution in [0.15, 0.2) is 53.4 Å². The number of hydrogen-bond acceptors (Lipinski definition) is 4. The van der Waals surface area contributed by atoms with E-state index in [2.05, 4.69) is 10.0 Å². The maximum absolute atomic E-state index is 12.2. The highest BCUT2D eigenvalue weighted by Crippen LogP contribution is 2.20. The summed E-state index contributed by atoms with van der Waals surface area (Å²) in [6.45, 7) is 1.38. The number of rotatable bonds is 4. The summed E-state index contributed by atoms with van der Waals surface area (Å²) in [7, 11) is -3.72. The lowest BCUT2D eigenvalue weighted by atomic mass is 10.3. The van der Waals surface area contributed by atoms with E-state index < -0.39 is 10.0 Å². The molecule has 6 nitrogen and oxygen atoms in total. The molecule has 0 spiro atoms. The van der Waals surface area contributed by atoms with Crippen LogP contribution in [-0.4, -0.2) is 14.3 Å². The van der Waals surface area contributed by atoms with Gasteiger partial charge in [0, 0.05) is 18.3 Å². The molecule has 7 heteroatoms. The smallest absolute Gasteiger partial charge is 0.261 e. The first-order valence-electron chi connectivity index (χ1n) is 6.13. The van der Waals surface area contributed by atoms with Gasteiger partial charge in [-0.15, -0.1) is 0 Å². The molecule has 0 saturated carbocycles. The minimum absolute atomic E-state index is 0.0763. The molecule has 110 valence electrons. The van der Waals surface area contributed by atoms with Gasteiger partial charge in [-0.3, -0.25) is 9.52 Å². The van der Waals surface area contributed by atoms with E-state index in [1.165, 1.54) is 25.1 Å². The Morgan fingerprint density at radius 3 is 2.38 bits per heavy atom. The highest BCUT2D eigenvalue weighted by molar-refractivity contribution is 7.92. The highest BCUT2D eigenvalue weighted by atomic mass is 32.2. The van der Waals surface area contributed by atoms with Crippen LogP contribution < -0.4 is 15.8 Å². The molecule has 0 unspecified atom stereocenters. The number of nitrogens with two attached hydrogens (primary N) is 1. The van der Waals surface area contributed by atoms with E-state index >= 15 is 0 Å². The van der Waals surface area contributed by atoms with Gasteiger partial charge in [-0.2, -0.15) is 0 Å². The second kappa shape index (κ2) is 5.84. The van der Waals surface area contributed by atoms with Crippen LogP contribution in [0.2, 0.25) is 0 Å². The predicted molar refractivity (Wildman–Crippen MR) is 82.4 cm³/mol. The monoisotopic (exact) mass is 305 g/mol. The summed E-state index contributed by atoms with van der Waals surface area (Å²) in [4.78, 5) is 11.1. The summed E-state index contributed by atoms with van der Waals surface area (Å²) in [6, 6.07) is 12.4. The molecule has 4 N–H and O–H groups in total. The first-order chi connectivity index (χ1) is 9.87. The SMILES string of the molecule is CC(=O)Nc1cccc(NS(=O)(=O)c2cccc(N)c2)c1. The van der Waals surface area contributed by atoms with Crippen molar-refractivity contribution < 1.29 is 13.2 Å². The Labute approximate surface area is 123 Å². The van der Waals surface area contributed by atoms with Crippen molar-refractivity contribution in [1.82, 2.24) is 0 Å². The maximum Gasteiger partial charge on any atom is 0.261 e. The normalized spacial score (nSPS) is 10.9. The maximum atomic E-state index is 12.2. The van der Waals surface area contributed by atoms with E-state index in [0.29, 0.717) is 17.1 Å². The lowest BCUT2D eigenvalue weighted by molar-refractivity contribution is -0.114. The molecule has 0 aliphatic heterocycles. The van der Waals surface area contributed by atoms with Gasteiger partial charge < -0.3 is 11.1 Å². The summed E-state index contributed by atoms with van der Waals surface area (Å²) in [5, 5.41) is 2.59. The van der Waals surface area contributed by atoms with Gasteiger partial charge in [0.2, 0.25) is 5.91 Å². The summed E-state index contributed by atoms with van der Waals surface area (Å²) in [5.74, 6) is -0.231. The van der Waals surface area contributed by atoms with E-state index in [9.17, 15) is 13.2 Å². The standard InChI is InChI=1S/C14H15N3O3S/c1-10(18)16-12-5-3-6-13(9-12)17-21(19,20)14-7-2-4-11(15)8-14/h2-9,17H,15H2,1H3,(H,16,18). The largest absolute Gasteiger partial charge is 0.399 e. The van der Waals surface area contributed by atoms with Crippen LogP contribution in [0.5, 0.6) is 0 Å². The molecule has 2 rings (SSSR count). The minimum Gasteiger partial charge on any atom is -0.399 e. The molecule has 0 aromatic heterocycles. The molecule has 0 saturated heterocycles. The third kappa shape index (κ3) is 3.96. The van der Waals surface area contributed by atoms with Crippen LogP contribution in [0.3, 0.4) is 0 Å². The van der Waals surface area contributed by atoms with E-state index in [-0.39, 0.29) is 10.8 Å². The topological polar surface area (TPSA) is 101 Å². The van der Waals surface area contributed by atoms with Gasteiger partial charge >= 0.3 is 0 Å². The van der Waals surface area contributed by atoms with E-state index in [1.54, 1.807) is 30.3 Å². The van der Waals surface area contributed by atoms with Crippen LogP contribution in [0.25, 0.3) is 0 Å². The van der Waals surface area contributed by atoms with Crippen molar-refractivity contribution in [2.24, 2.45) is 0 Å². The van der Waals surface area contributed by atoms with Crippen molar-refractivity contribution in [1.29, 1.82) is 0 Å². The Balaban J connectivity index is 2.26. The molecule has 0 atom stereocenters. The first kappa shape index (κ1) is 14.9. The van der Waals surface area contributed by atoms with E-state index in [1.807, 2.05) is 0 Å². The zero-order valence-electron chi connectivity index (χ0n) is 11.3. The predicted octanol–water partition coefficient (Wildman–Crippen LogP) is 2.03. The number of hydrogen-bond donors (Lipinski definition) is 3. The van der Waals surface area contributed by atoms with Crippen molar-refractivity contribution >= 4 is 33.0 Å². The number of sulfonamides is 1. The average molecular weight is 305 g/mol. The lowest BCUT2D eigenvalue weighted by Gasteiger charge is -2.10. The van der Waals surface area contributed by atoms with Gasteiger partial charge in [-0.1, -0.05) is 12.1 Å². The lowest BCUT2D eigenvalue weighted by Crippen LogP contribution is -2.13. The number of carbonyl (C=O) groups excluding carboxylic acids is 1. The molecule has 0 heterocycles. The molecule has 0 fully saturated rings. The fraction of sp³-hybridized carbons (Fsp3) is 0.0714. The second-order valence-electron chi connectivity index (χ2n) is 4.44. The molecule has 1 amide bonds. The third-order valence-corrected chi connectivity index (χ3v) is 3.98. The number of anilines is 3. The summed E-state index contributed by atoms with van der Waals surface area (Å²) in [5.41, 5.74) is 6.81. The van der Waals surface area contributed by atoms with Crippen LogP contribution >= 0.6 is 0 Å². The second-order valence-corrected chi connectivity index (χ2v) is 6.12. The fourth-order valence-corrected chi connectivity index (χ4v) is 2.86. The molecular formula is C14H15N3O3S. The molecule has 0 aliphatic rings. The van der Waals surface area contributed by atoms with Crippen molar-refractivity contribution in [2.75, 3.05) is 15.8 Å². The molecule has 2 aromatic rings. The van der Waals surface area contributed by atoms with Crippen molar-refractivity contribution in [2.45, 2.75) is 11.8 Å². The van der Waals surface area contributed by atoms with Crippen molar-refractivity contribution in [3.8, 4) is 0 Å². The zero-order chi connectivity index (χ0) is 15.5. The summed E-state index contributed by atoms with van der Waals surface area (Å²) in [6.07, 6.45) is 0. The molecule has 21 heavy (non-hydrogen) atoms. The molecule has 0 aliphatic carbocycles. The Kier molecular flexibility index (Phi) is 4.13. The Bertz CT molecular complexity index is 773. The van der Waals surface area contributed by atoms with Gasteiger partial charge in [0.25, 0.3) is 10.0 Å². The number of nitrogen functional groups attached to an aromatic ring is 1. The number of benzene rings is 2. The number of nitrogens with one attached hydrogen (secondary N) is 2. The van der Waals surface area contributed by atoms with Gasteiger partial charge in [0.15, 0.2) is 0 Å². The van der Waals surface area contributed by atoms with Crippen LogP contribution in [-0.2, 0) is 14.8 Å². The Hall–Kier alpha value is -2.54. The van der Waals surface area contributed by atoms with Gasteiger partial charge in [-0.05, 0) is 36.4 Å². The Morgan fingerprint density at radius 1 is 1.05 bits per heavy atom. The summed E-state index contributed by atoms with van der Waals surface area (Å²) < 4.78 is 26.9. The molecule has 0 bridgehead atoms. The van der Waals surface area contributed by atoms with Gasteiger partial charge in [0.1, 0.15) is 0 Å². The summed E-state index contributed by atoms with van der Waals surface area (Å²) >= 11 is 0.